The van der Waals surface area contributed by atoms with E-state index in [0.29, 0.717) is 11.0 Å². The molecule has 0 unspecified atom stereocenters. The Kier molecular flexibility index (Phi) is 4.24. The van der Waals surface area contributed by atoms with Crippen LogP contribution in [-0.2, 0) is 6.54 Å². The first kappa shape index (κ1) is 12.4. The van der Waals surface area contributed by atoms with Crippen LogP contribution in [0.3, 0.4) is 0 Å². The molecule has 7 heteroatoms. The predicted molar refractivity (Wildman–Crippen MR) is 63.7 cm³/mol. The third kappa shape index (κ3) is 3.85. The molecule has 0 atom stereocenters. The van der Waals surface area contributed by atoms with Gasteiger partial charge in [0.15, 0.2) is 11.9 Å². The molecule has 0 fully saturated rings. The van der Waals surface area contributed by atoms with Crippen LogP contribution in [0, 0.1) is 16.6 Å². The van der Waals surface area contributed by atoms with Gasteiger partial charge in [0.05, 0.1) is 4.47 Å². The summed E-state index contributed by atoms with van der Waals surface area (Å²) in [6, 6.07) is 4.56. The third-order valence-corrected chi connectivity index (χ3v) is 2.32. The summed E-state index contributed by atoms with van der Waals surface area (Å²) in [5.74, 6) is -0.716. The van der Waals surface area contributed by atoms with Gasteiger partial charge in [-0.15, -0.1) is 0 Å². The van der Waals surface area contributed by atoms with Gasteiger partial charge < -0.3 is 11.1 Å². The monoisotopic (exact) mass is 287 g/mol. The Labute approximate surface area is 100 Å². The Balaban J connectivity index is 2.51. The van der Waals surface area contributed by atoms with E-state index in [-0.39, 0.29) is 17.7 Å². The molecule has 0 radical (unpaired) electrons. The fourth-order valence-electron chi connectivity index (χ4n) is 1.02. The number of guanidine groups is 2. The molecule has 16 heavy (non-hydrogen) atoms. The third-order valence-electron chi connectivity index (χ3n) is 1.71. The Morgan fingerprint density at radius 1 is 1.44 bits per heavy atom. The second kappa shape index (κ2) is 5.45. The highest BCUT2D eigenvalue weighted by Crippen LogP contribution is 2.16. The Morgan fingerprint density at radius 3 is 2.69 bits per heavy atom. The molecule has 0 spiro atoms. The maximum absolute atomic E-state index is 12.9. The van der Waals surface area contributed by atoms with E-state index >= 15 is 0 Å². The average Bonchev–Trinajstić information content (AvgIpc) is 2.19. The molecule has 0 saturated carbocycles. The molecule has 0 aliphatic rings. The summed E-state index contributed by atoms with van der Waals surface area (Å²) in [5, 5.41) is 19.2. The van der Waals surface area contributed by atoms with Gasteiger partial charge in [-0.05, 0) is 33.6 Å². The largest absolute Gasteiger partial charge is 0.370 e. The van der Waals surface area contributed by atoms with E-state index in [1.54, 1.807) is 12.1 Å². The van der Waals surface area contributed by atoms with E-state index in [4.69, 9.17) is 16.6 Å². The first-order valence-corrected chi connectivity index (χ1v) is 5.15. The van der Waals surface area contributed by atoms with Crippen LogP contribution in [0.1, 0.15) is 5.56 Å². The van der Waals surface area contributed by atoms with Crippen molar-refractivity contribution in [3.8, 4) is 0 Å². The van der Waals surface area contributed by atoms with Crippen LogP contribution in [-0.4, -0.2) is 11.9 Å². The SMILES string of the molecule is N=C(N)NC(=N)NCc1ccc(F)c(Br)c1. The minimum absolute atomic E-state index is 0.0760. The van der Waals surface area contributed by atoms with Gasteiger partial charge in [0.25, 0.3) is 0 Å². The zero-order valence-electron chi connectivity index (χ0n) is 8.27. The van der Waals surface area contributed by atoms with Crippen molar-refractivity contribution in [1.29, 1.82) is 10.8 Å². The van der Waals surface area contributed by atoms with Gasteiger partial charge in [0.1, 0.15) is 5.82 Å². The smallest absolute Gasteiger partial charge is 0.195 e. The van der Waals surface area contributed by atoms with Crippen molar-refractivity contribution in [1.82, 2.24) is 10.6 Å². The molecule has 0 amide bonds. The van der Waals surface area contributed by atoms with Gasteiger partial charge in [0, 0.05) is 6.54 Å². The number of nitrogens with two attached hydrogens (primary N) is 1. The van der Waals surface area contributed by atoms with E-state index in [1.165, 1.54) is 6.07 Å². The highest BCUT2D eigenvalue weighted by Gasteiger charge is 2.01. The lowest BCUT2D eigenvalue weighted by Gasteiger charge is -2.09. The van der Waals surface area contributed by atoms with Crippen molar-refractivity contribution < 1.29 is 4.39 Å². The fourth-order valence-corrected chi connectivity index (χ4v) is 1.45. The zero-order chi connectivity index (χ0) is 12.1. The van der Waals surface area contributed by atoms with Gasteiger partial charge in [-0.3, -0.25) is 16.1 Å². The van der Waals surface area contributed by atoms with Gasteiger partial charge in [0.2, 0.25) is 0 Å². The highest BCUT2D eigenvalue weighted by atomic mass is 79.9. The average molecular weight is 288 g/mol. The Hall–Kier alpha value is -1.63. The summed E-state index contributed by atoms with van der Waals surface area (Å²) < 4.78 is 13.3. The number of hydrogen-bond donors (Lipinski definition) is 5. The highest BCUT2D eigenvalue weighted by molar-refractivity contribution is 9.10. The zero-order valence-corrected chi connectivity index (χ0v) is 9.86. The minimum atomic E-state index is -0.333. The summed E-state index contributed by atoms with van der Waals surface area (Å²) in [5.41, 5.74) is 5.85. The fraction of sp³-hybridized carbons (Fsp3) is 0.111. The Bertz CT molecular complexity index is 420. The van der Waals surface area contributed by atoms with Crippen LogP contribution in [0.25, 0.3) is 0 Å². The lowest BCUT2D eigenvalue weighted by atomic mass is 10.2. The van der Waals surface area contributed by atoms with Crippen LogP contribution in [0.15, 0.2) is 22.7 Å². The van der Waals surface area contributed by atoms with E-state index in [9.17, 15) is 4.39 Å². The second-order valence-corrected chi connectivity index (χ2v) is 3.87. The van der Waals surface area contributed by atoms with Crippen LogP contribution >= 0.6 is 15.9 Å². The summed E-state index contributed by atoms with van der Waals surface area (Å²) >= 11 is 3.07. The number of nitrogens with one attached hydrogen (secondary N) is 4. The lowest BCUT2D eigenvalue weighted by Crippen LogP contribution is -2.42. The molecule has 1 aromatic rings. The normalized spacial score (nSPS) is 9.62. The quantitative estimate of drug-likeness (QED) is 0.416. The predicted octanol–water partition coefficient (Wildman–Crippen LogP) is 1.10. The van der Waals surface area contributed by atoms with Crippen LogP contribution in [0.2, 0.25) is 0 Å². The standard InChI is InChI=1S/C9H11BrFN5/c10-6-3-5(1-2-7(6)11)4-15-9(14)16-8(12)13/h1-3H,4H2,(H6,12,13,14,15,16). The van der Waals surface area contributed by atoms with Gasteiger partial charge in [-0.2, -0.15) is 0 Å². The van der Waals surface area contributed by atoms with E-state index in [1.807, 2.05) is 0 Å². The van der Waals surface area contributed by atoms with Crippen LogP contribution < -0.4 is 16.4 Å². The molecular weight excluding hydrogens is 277 g/mol. The summed E-state index contributed by atoms with van der Waals surface area (Å²) in [6.45, 7) is 0.345. The molecule has 0 saturated heterocycles. The molecule has 0 bridgehead atoms. The maximum Gasteiger partial charge on any atom is 0.195 e. The molecular formula is C9H11BrFN5. The number of rotatable bonds is 2. The van der Waals surface area contributed by atoms with Crippen LogP contribution in [0.4, 0.5) is 4.39 Å². The van der Waals surface area contributed by atoms with Gasteiger partial charge in [-0.25, -0.2) is 4.39 Å². The van der Waals surface area contributed by atoms with E-state index in [0.717, 1.165) is 5.56 Å². The van der Waals surface area contributed by atoms with Crippen molar-refractivity contribution >= 4 is 27.8 Å². The van der Waals surface area contributed by atoms with Crippen molar-refractivity contribution in [3.05, 3.63) is 34.1 Å². The molecule has 0 aliphatic heterocycles. The van der Waals surface area contributed by atoms with Gasteiger partial charge >= 0.3 is 0 Å². The molecule has 6 N–H and O–H groups in total. The summed E-state index contributed by atoms with van der Waals surface area (Å²) in [7, 11) is 0. The van der Waals surface area contributed by atoms with Gasteiger partial charge in [-0.1, -0.05) is 6.07 Å². The topological polar surface area (TPSA) is 97.8 Å². The van der Waals surface area contributed by atoms with Crippen molar-refractivity contribution in [3.63, 3.8) is 0 Å². The molecule has 0 aliphatic carbocycles. The molecule has 0 heterocycles. The molecule has 1 aromatic carbocycles. The van der Waals surface area contributed by atoms with Crippen LogP contribution in [0.5, 0.6) is 0 Å². The van der Waals surface area contributed by atoms with E-state index < -0.39 is 0 Å². The first-order chi connectivity index (χ1) is 7.49. The van der Waals surface area contributed by atoms with Crippen molar-refractivity contribution in [2.45, 2.75) is 6.54 Å². The molecule has 1 rings (SSSR count). The number of benzene rings is 1. The second-order valence-electron chi connectivity index (χ2n) is 3.02. The van der Waals surface area contributed by atoms with E-state index in [2.05, 4.69) is 26.6 Å². The lowest BCUT2D eigenvalue weighted by molar-refractivity contribution is 0.620. The van der Waals surface area contributed by atoms with Crippen molar-refractivity contribution in [2.75, 3.05) is 0 Å². The number of hydrogen-bond acceptors (Lipinski definition) is 2. The maximum atomic E-state index is 12.9. The first-order valence-electron chi connectivity index (χ1n) is 4.36. The van der Waals surface area contributed by atoms with Crippen molar-refractivity contribution in [2.24, 2.45) is 5.73 Å². The Morgan fingerprint density at radius 2 is 2.12 bits per heavy atom. The minimum Gasteiger partial charge on any atom is -0.370 e. The molecule has 0 aromatic heterocycles. The summed E-state index contributed by atoms with van der Waals surface area (Å²) in [6.07, 6.45) is 0. The summed E-state index contributed by atoms with van der Waals surface area (Å²) in [4.78, 5) is 0. The molecule has 5 nitrogen and oxygen atoms in total. The molecule has 86 valence electrons. The number of halogens is 2.